The van der Waals surface area contributed by atoms with Crippen molar-refractivity contribution in [3.63, 3.8) is 0 Å². The zero-order valence-electron chi connectivity index (χ0n) is 27.8. The molecule has 3 aromatic carbocycles. The second-order valence-electron chi connectivity index (χ2n) is 10.4. The third-order valence-corrected chi connectivity index (χ3v) is 7.43. The molecule has 0 radical (unpaired) electrons. The molecule has 1 aliphatic rings. The standard InChI is InChI=1S/C32H35N7O2.C3H4O.CH5N/c1-22-18-26(29(41-5)20-28(22)38-16-14-37(4)15-17-38)35-21-27-31(34-3)39(25-13-9-12-24(19-25)33-2)32(40)30(36-27)23-10-7-6-8-11-23;1-2-3-4;1-2/h6-13,18-21,33H,3,14-17H2,1-2,4-5H3;2-3H,1H2;2H2,1H3. The highest BCUT2D eigenvalue weighted by molar-refractivity contribution is 5.88. The average molecular weight is 637 g/mol. The molecule has 1 fully saturated rings. The van der Waals surface area contributed by atoms with E-state index in [-0.39, 0.29) is 5.56 Å². The van der Waals surface area contributed by atoms with Crippen molar-refractivity contribution in [3.8, 4) is 22.7 Å². The maximum Gasteiger partial charge on any atom is 0.283 e. The Balaban J connectivity index is 0.000000930. The molecule has 1 saturated heterocycles. The number of hydrogen-bond donors (Lipinski definition) is 2. The van der Waals surface area contributed by atoms with Crippen LogP contribution in [0.25, 0.3) is 16.9 Å². The molecule has 1 aliphatic heterocycles. The highest BCUT2D eigenvalue weighted by Crippen LogP contribution is 2.36. The van der Waals surface area contributed by atoms with Gasteiger partial charge in [-0.2, -0.15) is 0 Å². The minimum absolute atomic E-state index is 0.294. The van der Waals surface area contributed by atoms with Crippen molar-refractivity contribution in [2.75, 3.05) is 64.6 Å². The van der Waals surface area contributed by atoms with Gasteiger partial charge in [-0.1, -0.05) is 43.0 Å². The number of allylic oxidation sites excluding steroid dienone is 1. The molecular formula is C36H44N8O3. The van der Waals surface area contributed by atoms with Gasteiger partial charge in [-0.15, -0.1) is 0 Å². The Morgan fingerprint density at radius 3 is 2.30 bits per heavy atom. The monoisotopic (exact) mass is 636 g/mol. The predicted molar refractivity (Wildman–Crippen MR) is 195 cm³/mol. The van der Waals surface area contributed by atoms with Crippen molar-refractivity contribution in [2.45, 2.75) is 6.92 Å². The number of aryl methyl sites for hydroxylation is 1. The van der Waals surface area contributed by atoms with Gasteiger partial charge in [0.05, 0.1) is 19.0 Å². The number of rotatable bonds is 9. The molecule has 0 amide bonds. The number of nitrogens with one attached hydrogen (secondary N) is 1. The number of methoxy groups -OCH3 is 1. The highest BCUT2D eigenvalue weighted by atomic mass is 16.5. The van der Waals surface area contributed by atoms with Crippen LogP contribution in [0.2, 0.25) is 0 Å². The van der Waals surface area contributed by atoms with Crippen molar-refractivity contribution < 1.29 is 9.53 Å². The Morgan fingerprint density at radius 2 is 1.70 bits per heavy atom. The number of carbonyl (C=O) groups is 1. The van der Waals surface area contributed by atoms with Gasteiger partial charge in [-0.3, -0.25) is 19.1 Å². The second kappa shape index (κ2) is 17.9. The average Bonchev–Trinajstić information content (AvgIpc) is 3.12. The molecule has 0 saturated carbocycles. The molecule has 47 heavy (non-hydrogen) atoms. The molecule has 1 aromatic heterocycles. The molecule has 4 aromatic rings. The summed E-state index contributed by atoms with van der Waals surface area (Å²) in [7, 11) is 7.13. The zero-order valence-corrected chi connectivity index (χ0v) is 27.8. The Hall–Kier alpha value is -5.39. The zero-order chi connectivity index (χ0) is 34.3. The molecule has 246 valence electrons. The van der Waals surface area contributed by atoms with Crippen molar-refractivity contribution in [3.05, 3.63) is 101 Å². The van der Waals surface area contributed by atoms with Crippen molar-refractivity contribution >= 4 is 42.1 Å². The number of ether oxygens (including phenoxy) is 1. The summed E-state index contributed by atoms with van der Waals surface area (Å²) >= 11 is 0. The first-order valence-electron chi connectivity index (χ1n) is 15.1. The highest BCUT2D eigenvalue weighted by Gasteiger charge is 2.20. The minimum atomic E-state index is -0.297. The third kappa shape index (κ3) is 8.87. The SMILES string of the molecule is C=CC=O.C=Nc1c(C=Nc2cc(C)c(N3CCN(C)CC3)cc2OC)nc(-c2ccccc2)c(=O)n1-c1cccc(NC)c1.CN. The Labute approximate surface area is 276 Å². The Kier molecular flexibility index (Phi) is 13.8. The van der Waals surface area contributed by atoms with Crippen LogP contribution in [0.3, 0.4) is 0 Å². The van der Waals surface area contributed by atoms with Crippen molar-refractivity contribution in [2.24, 2.45) is 15.7 Å². The van der Waals surface area contributed by atoms with E-state index in [4.69, 9.17) is 19.5 Å². The number of piperazine rings is 1. The molecule has 11 nitrogen and oxygen atoms in total. The van der Waals surface area contributed by atoms with Crippen molar-refractivity contribution in [1.29, 1.82) is 0 Å². The number of hydrogen-bond acceptors (Lipinski definition) is 10. The van der Waals surface area contributed by atoms with E-state index in [1.165, 1.54) is 17.7 Å². The molecule has 0 aliphatic carbocycles. The first kappa shape index (κ1) is 36.1. The lowest BCUT2D eigenvalue weighted by Crippen LogP contribution is -2.44. The summed E-state index contributed by atoms with van der Waals surface area (Å²) in [6, 6.07) is 21.0. The summed E-state index contributed by atoms with van der Waals surface area (Å²) in [5.74, 6) is 0.962. The number of aromatic nitrogens is 2. The molecule has 11 heteroatoms. The van der Waals surface area contributed by atoms with Gasteiger partial charge in [0.25, 0.3) is 5.56 Å². The lowest BCUT2D eigenvalue weighted by Gasteiger charge is -2.35. The summed E-state index contributed by atoms with van der Waals surface area (Å²) < 4.78 is 7.29. The number of nitrogens with two attached hydrogens (primary N) is 1. The number of carbonyl (C=O) groups excluding carboxylic acids is 1. The van der Waals surface area contributed by atoms with Crippen LogP contribution in [-0.4, -0.2) is 88.1 Å². The topological polar surface area (TPSA) is 130 Å². The largest absolute Gasteiger partial charge is 0.494 e. The number of likely N-dealkylation sites (N-methyl/N-ethyl adjacent to an activating group) is 1. The predicted octanol–water partition coefficient (Wildman–Crippen LogP) is 5.04. The van der Waals surface area contributed by atoms with Gasteiger partial charge in [0.2, 0.25) is 0 Å². The minimum Gasteiger partial charge on any atom is -0.494 e. The fourth-order valence-electron chi connectivity index (χ4n) is 5.04. The van der Waals surface area contributed by atoms with Crippen LogP contribution >= 0.6 is 0 Å². The van der Waals surface area contributed by atoms with Crippen LogP contribution in [0.15, 0.2) is 94.2 Å². The van der Waals surface area contributed by atoms with E-state index in [1.807, 2.05) is 73.8 Å². The summed E-state index contributed by atoms with van der Waals surface area (Å²) in [5, 5.41) is 3.13. The van der Waals surface area contributed by atoms with Crippen LogP contribution in [-0.2, 0) is 4.79 Å². The summed E-state index contributed by atoms with van der Waals surface area (Å²) in [6.45, 7) is 12.9. The second-order valence-corrected chi connectivity index (χ2v) is 10.4. The molecule has 5 rings (SSSR count). The smallest absolute Gasteiger partial charge is 0.283 e. The van der Waals surface area contributed by atoms with E-state index < -0.39 is 0 Å². The lowest BCUT2D eigenvalue weighted by molar-refractivity contribution is -0.104. The van der Waals surface area contributed by atoms with Crippen LogP contribution < -0.4 is 26.2 Å². The van der Waals surface area contributed by atoms with Gasteiger partial charge in [0.1, 0.15) is 29.1 Å². The van der Waals surface area contributed by atoms with Crippen LogP contribution in [0.5, 0.6) is 5.75 Å². The number of nitrogens with zero attached hydrogens (tertiary/aromatic N) is 6. The van der Waals surface area contributed by atoms with Gasteiger partial charge in [-0.25, -0.2) is 9.98 Å². The number of aldehydes is 1. The van der Waals surface area contributed by atoms with E-state index >= 15 is 0 Å². The first-order chi connectivity index (χ1) is 22.8. The Bertz CT molecular complexity index is 1740. The van der Waals surface area contributed by atoms with E-state index in [2.05, 4.69) is 53.1 Å². The van der Waals surface area contributed by atoms with E-state index in [1.54, 1.807) is 13.3 Å². The fourth-order valence-corrected chi connectivity index (χ4v) is 5.04. The molecule has 3 N–H and O–H groups in total. The summed E-state index contributed by atoms with van der Waals surface area (Å²) in [4.78, 5) is 41.4. The molecule has 0 bridgehead atoms. The molecule has 2 heterocycles. The Morgan fingerprint density at radius 1 is 1.02 bits per heavy atom. The van der Waals surface area contributed by atoms with Gasteiger partial charge in [-0.05, 0) is 63.6 Å². The van der Waals surface area contributed by atoms with E-state index in [0.717, 1.165) is 43.1 Å². The number of anilines is 2. The summed E-state index contributed by atoms with van der Waals surface area (Å²) in [6.07, 6.45) is 3.46. The van der Waals surface area contributed by atoms with E-state index in [0.29, 0.717) is 46.2 Å². The van der Waals surface area contributed by atoms with Gasteiger partial charge >= 0.3 is 0 Å². The number of benzene rings is 3. The molecular weight excluding hydrogens is 592 g/mol. The lowest BCUT2D eigenvalue weighted by atomic mass is 10.1. The first-order valence-corrected chi connectivity index (χ1v) is 15.1. The normalized spacial score (nSPS) is 12.7. The van der Waals surface area contributed by atoms with Crippen LogP contribution in [0.1, 0.15) is 11.3 Å². The van der Waals surface area contributed by atoms with Crippen molar-refractivity contribution in [1.82, 2.24) is 14.5 Å². The van der Waals surface area contributed by atoms with Crippen LogP contribution in [0.4, 0.5) is 22.9 Å². The maximum atomic E-state index is 13.8. The number of aliphatic imine (C=N–C) groups is 2. The molecule has 0 spiro atoms. The van der Waals surface area contributed by atoms with Gasteiger partial charge in [0.15, 0.2) is 5.82 Å². The summed E-state index contributed by atoms with van der Waals surface area (Å²) in [5.41, 5.74) is 10.0. The quantitative estimate of drug-likeness (QED) is 0.149. The fraction of sp³-hybridized carbons (Fsp3) is 0.250. The maximum absolute atomic E-state index is 13.8. The van der Waals surface area contributed by atoms with Gasteiger partial charge in [0, 0.05) is 56.2 Å². The molecule has 0 unspecified atom stereocenters. The van der Waals surface area contributed by atoms with Crippen LogP contribution in [0, 0.1) is 6.92 Å². The molecule has 0 atom stereocenters. The van der Waals surface area contributed by atoms with E-state index in [9.17, 15) is 4.79 Å². The third-order valence-electron chi connectivity index (χ3n) is 7.43. The van der Waals surface area contributed by atoms with Gasteiger partial charge < -0.3 is 25.6 Å².